The number of carbonyl (C=O) groups is 1. The molecule has 2 N–H and O–H groups in total. The number of hydrogen-bond acceptors (Lipinski definition) is 5. The number of nitrogens with one attached hydrogen (secondary N) is 2. The minimum absolute atomic E-state index is 0.156. The van der Waals surface area contributed by atoms with Crippen LogP contribution in [0.15, 0.2) is 84.9 Å². The summed E-state index contributed by atoms with van der Waals surface area (Å²) in [5.74, 6) is 0.258. The van der Waals surface area contributed by atoms with E-state index in [2.05, 4.69) is 20.8 Å². The average Bonchev–Trinajstić information content (AvgIpc) is 3.21. The van der Waals surface area contributed by atoms with Crippen LogP contribution in [0.25, 0.3) is 5.69 Å². The molecule has 0 aliphatic carbocycles. The van der Waals surface area contributed by atoms with Crippen LogP contribution in [-0.2, 0) is 6.61 Å². The summed E-state index contributed by atoms with van der Waals surface area (Å²) in [6, 6.07) is 26.7. The zero-order chi connectivity index (χ0) is 22.3. The quantitative estimate of drug-likeness (QED) is 0.433. The molecule has 1 aromatic heterocycles. The number of aryl methyl sites for hydroxylation is 1. The fourth-order valence-corrected chi connectivity index (χ4v) is 3.21. The molecule has 0 saturated carbocycles. The fraction of sp³-hybridized carbons (Fsp3) is 0.0833. The largest absolute Gasteiger partial charge is 0.489 e. The number of anilines is 1. The van der Waals surface area contributed by atoms with Crippen molar-refractivity contribution in [3.05, 3.63) is 102 Å². The van der Waals surface area contributed by atoms with Crippen molar-refractivity contribution < 1.29 is 9.53 Å². The number of ether oxygens (including phenoxy) is 1. The highest BCUT2D eigenvalue weighted by molar-refractivity contribution is 7.80. The summed E-state index contributed by atoms with van der Waals surface area (Å²) >= 11 is 5.30. The highest BCUT2D eigenvalue weighted by Gasteiger charge is 2.17. The molecule has 160 valence electrons. The van der Waals surface area contributed by atoms with Gasteiger partial charge in [0, 0.05) is 11.8 Å². The minimum Gasteiger partial charge on any atom is -0.489 e. The number of thiocarbonyl (C=S) groups is 1. The van der Waals surface area contributed by atoms with Crippen LogP contribution in [0.3, 0.4) is 0 Å². The molecule has 1 heterocycles. The highest BCUT2D eigenvalue weighted by atomic mass is 32.1. The van der Waals surface area contributed by atoms with E-state index in [9.17, 15) is 4.79 Å². The van der Waals surface area contributed by atoms with E-state index in [1.807, 2.05) is 84.9 Å². The van der Waals surface area contributed by atoms with Crippen molar-refractivity contribution in [2.75, 3.05) is 5.32 Å². The number of nitrogens with zero attached hydrogens (tertiary/aromatic N) is 3. The van der Waals surface area contributed by atoms with Gasteiger partial charge < -0.3 is 10.1 Å². The first kappa shape index (κ1) is 21.2. The Balaban J connectivity index is 1.36. The summed E-state index contributed by atoms with van der Waals surface area (Å²) in [7, 11) is 0. The van der Waals surface area contributed by atoms with E-state index in [1.54, 1.807) is 6.92 Å². The standard InChI is InChI=1S/C24H21N5O2S/c1-17-22(28-29(27-17)20-12-6-3-7-13-20)23(30)26-24(32)25-19-11-8-14-21(15-19)31-16-18-9-4-2-5-10-18/h2-15H,16H2,1H3,(H2,25,26,30,32). The summed E-state index contributed by atoms with van der Waals surface area (Å²) in [6.07, 6.45) is 0. The number of carbonyl (C=O) groups excluding carboxylic acids is 1. The van der Waals surface area contributed by atoms with Crippen LogP contribution in [0, 0.1) is 6.92 Å². The number of rotatable bonds is 6. The average molecular weight is 444 g/mol. The van der Waals surface area contributed by atoms with Gasteiger partial charge in [-0.25, -0.2) is 0 Å². The van der Waals surface area contributed by atoms with Crippen LogP contribution >= 0.6 is 12.2 Å². The van der Waals surface area contributed by atoms with Crippen LogP contribution in [0.1, 0.15) is 21.7 Å². The normalized spacial score (nSPS) is 10.4. The number of aromatic nitrogens is 3. The summed E-state index contributed by atoms with van der Waals surface area (Å²) in [5, 5.41) is 14.4. The summed E-state index contributed by atoms with van der Waals surface area (Å²) in [5.41, 5.74) is 3.25. The number of para-hydroxylation sites is 1. The SMILES string of the molecule is Cc1nn(-c2ccccc2)nc1C(=O)NC(=S)Nc1cccc(OCc2ccccc2)c1. The third-order valence-corrected chi connectivity index (χ3v) is 4.76. The Morgan fingerprint density at radius 1 is 0.969 bits per heavy atom. The molecule has 3 aromatic carbocycles. The first-order chi connectivity index (χ1) is 15.6. The number of amides is 1. The van der Waals surface area contributed by atoms with E-state index in [-0.39, 0.29) is 10.8 Å². The van der Waals surface area contributed by atoms with Crippen molar-refractivity contribution in [2.45, 2.75) is 13.5 Å². The molecule has 8 heteroatoms. The van der Waals surface area contributed by atoms with Crippen LogP contribution in [0.4, 0.5) is 5.69 Å². The lowest BCUT2D eigenvalue weighted by Gasteiger charge is -2.11. The molecule has 0 aliphatic heterocycles. The molecule has 7 nitrogen and oxygen atoms in total. The summed E-state index contributed by atoms with van der Waals surface area (Å²) in [4.78, 5) is 14.1. The van der Waals surface area contributed by atoms with Crippen molar-refractivity contribution in [2.24, 2.45) is 0 Å². The van der Waals surface area contributed by atoms with Gasteiger partial charge in [-0.05, 0) is 49.0 Å². The second-order valence-electron chi connectivity index (χ2n) is 6.97. The second-order valence-corrected chi connectivity index (χ2v) is 7.38. The Hall–Kier alpha value is -4.04. The predicted octanol–water partition coefficient (Wildman–Crippen LogP) is 4.28. The highest BCUT2D eigenvalue weighted by Crippen LogP contribution is 2.19. The zero-order valence-corrected chi connectivity index (χ0v) is 18.2. The van der Waals surface area contributed by atoms with Crippen LogP contribution in [0.5, 0.6) is 5.75 Å². The molecule has 0 fully saturated rings. The van der Waals surface area contributed by atoms with Gasteiger partial charge in [0.1, 0.15) is 12.4 Å². The first-order valence-corrected chi connectivity index (χ1v) is 10.4. The first-order valence-electron chi connectivity index (χ1n) is 9.97. The Morgan fingerprint density at radius 3 is 2.44 bits per heavy atom. The second kappa shape index (κ2) is 9.84. The summed E-state index contributed by atoms with van der Waals surface area (Å²) < 4.78 is 5.83. The maximum atomic E-state index is 12.7. The topological polar surface area (TPSA) is 81.1 Å². The fourth-order valence-electron chi connectivity index (χ4n) is 2.99. The third kappa shape index (κ3) is 5.35. The van der Waals surface area contributed by atoms with Gasteiger partial charge in [-0.3, -0.25) is 10.1 Å². The number of hydrogen-bond donors (Lipinski definition) is 2. The van der Waals surface area contributed by atoms with Gasteiger partial charge in [-0.2, -0.15) is 9.90 Å². The van der Waals surface area contributed by atoms with E-state index in [0.717, 1.165) is 11.3 Å². The maximum absolute atomic E-state index is 12.7. The zero-order valence-electron chi connectivity index (χ0n) is 17.4. The van der Waals surface area contributed by atoms with Crippen molar-refractivity contribution in [1.82, 2.24) is 20.3 Å². The monoisotopic (exact) mass is 443 g/mol. The molecule has 0 bridgehead atoms. The Labute approximate surface area is 191 Å². The van der Waals surface area contributed by atoms with Gasteiger partial charge in [0.25, 0.3) is 5.91 Å². The Morgan fingerprint density at radius 2 is 1.69 bits per heavy atom. The van der Waals surface area contributed by atoms with Crippen molar-refractivity contribution >= 4 is 28.9 Å². The molecule has 0 saturated heterocycles. The van der Waals surface area contributed by atoms with E-state index in [1.165, 1.54) is 4.80 Å². The number of benzene rings is 3. The molecule has 0 aliphatic rings. The van der Waals surface area contributed by atoms with E-state index >= 15 is 0 Å². The van der Waals surface area contributed by atoms with Crippen molar-refractivity contribution in [3.8, 4) is 11.4 Å². The third-order valence-electron chi connectivity index (χ3n) is 4.55. The van der Waals surface area contributed by atoms with Gasteiger partial charge in [-0.1, -0.05) is 54.6 Å². The van der Waals surface area contributed by atoms with Gasteiger partial charge in [-0.15, -0.1) is 5.10 Å². The molecule has 4 rings (SSSR count). The molecule has 32 heavy (non-hydrogen) atoms. The van der Waals surface area contributed by atoms with Gasteiger partial charge in [0.15, 0.2) is 10.8 Å². The molecule has 0 atom stereocenters. The van der Waals surface area contributed by atoms with Crippen LogP contribution in [0.2, 0.25) is 0 Å². The molecular formula is C24H21N5O2S. The summed E-state index contributed by atoms with van der Waals surface area (Å²) in [6.45, 7) is 2.19. The predicted molar refractivity (Wildman–Crippen MR) is 127 cm³/mol. The van der Waals surface area contributed by atoms with Crippen LogP contribution < -0.4 is 15.4 Å². The Bertz CT molecular complexity index is 1230. The molecule has 0 unspecified atom stereocenters. The minimum atomic E-state index is -0.432. The van der Waals surface area contributed by atoms with E-state index in [0.29, 0.717) is 23.7 Å². The van der Waals surface area contributed by atoms with Crippen molar-refractivity contribution in [1.29, 1.82) is 0 Å². The molecule has 4 aromatic rings. The van der Waals surface area contributed by atoms with Gasteiger partial charge in [0.05, 0.1) is 11.4 Å². The van der Waals surface area contributed by atoms with Crippen molar-refractivity contribution in [3.63, 3.8) is 0 Å². The molecule has 0 radical (unpaired) electrons. The van der Waals surface area contributed by atoms with Gasteiger partial charge in [0.2, 0.25) is 0 Å². The molecule has 0 spiro atoms. The lowest BCUT2D eigenvalue weighted by atomic mass is 10.2. The van der Waals surface area contributed by atoms with Crippen LogP contribution in [-0.4, -0.2) is 26.0 Å². The van der Waals surface area contributed by atoms with E-state index in [4.69, 9.17) is 17.0 Å². The van der Waals surface area contributed by atoms with Gasteiger partial charge >= 0.3 is 0 Å². The lowest BCUT2D eigenvalue weighted by Crippen LogP contribution is -2.34. The lowest BCUT2D eigenvalue weighted by molar-refractivity contribution is 0.0972. The van der Waals surface area contributed by atoms with E-state index < -0.39 is 5.91 Å². The molecular weight excluding hydrogens is 422 g/mol. The smallest absolute Gasteiger partial charge is 0.279 e. The Kier molecular flexibility index (Phi) is 6.52. The molecule has 1 amide bonds. The maximum Gasteiger partial charge on any atom is 0.279 e.